The number of methoxy groups -OCH3 is 2. The van der Waals surface area contributed by atoms with E-state index in [9.17, 15) is 19.2 Å². The van der Waals surface area contributed by atoms with Gasteiger partial charge in [-0.15, -0.1) is 0 Å². The number of rotatable bonds is 3. The maximum absolute atomic E-state index is 12.6. The summed E-state index contributed by atoms with van der Waals surface area (Å²) < 4.78 is 9.28. The lowest BCUT2D eigenvalue weighted by Gasteiger charge is -2.21. The molecule has 0 unspecified atom stereocenters. The van der Waals surface area contributed by atoms with E-state index in [1.165, 1.54) is 6.92 Å². The summed E-state index contributed by atoms with van der Waals surface area (Å²) in [6, 6.07) is 7.36. The molecule has 0 saturated carbocycles. The number of carbonyl (C=O) groups is 4. The average Bonchev–Trinajstić information content (AvgIpc) is 2.84. The summed E-state index contributed by atoms with van der Waals surface area (Å²) in [5.41, 5.74) is 0.293. The highest BCUT2D eigenvalue weighted by Crippen LogP contribution is 2.34. The third-order valence-electron chi connectivity index (χ3n) is 3.96. The normalized spacial score (nSPS) is 23.5. The topological polar surface area (TPSA) is 90.0 Å². The second-order valence-electron chi connectivity index (χ2n) is 5.17. The van der Waals surface area contributed by atoms with E-state index in [1.807, 2.05) is 0 Å². The maximum atomic E-state index is 12.6. The van der Waals surface area contributed by atoms with Gasteiger partial charge in [0.1, 0.15) is 0 Å². The zero-order valence-electron chi connectivity index (χ0n) is 13.0. The molecule has 0 aliphatic carbocycles. The van der Waals surface area contributed by atoms with Gasteiger partial charge in [-0.25, -0.2) is 0 Å². The van der Waals surface area contributed by atoms with Gasteiger partial charge in [0, 0.05) is 5.56 Å². The fourth-order valence-corrected chi connectivity index (χ4v) is 2.79. The Morgan fingerprint density at radius 3 is 2.09 bits per heavy atom. The smallest absolute Gasteiger partial charge is 0.319 e. The molecule has 23 heavy (non-hydrogen) atoms. The molecule has 1 aromatic carbocycles. The number of likely N-dealkylation sites (tertiary alicyclic amines) is 1. The van der Waals surface area contributed by atoms with Crippen molar-refractivity contribution in [3.8, 4) is 0 Å². The summed E-state index contributed by atoms with van der Waals surface area (Å²) >= 11 is 0. The number of esters is 2. The number of amides is 2. The summed E-state index contributed by atoms with van der Waals surface area (Å²) in [7, 11) is 2.28. The number of carbonyl (C=O) groups excluding carboxylic acids is 4. The van der Waals surface area contributed by atoms with Crippen LogP contribution >= 0.6 is 0 Å². The molecule has 1 heterocycles. The highest BCUT2D eigenvalue weighted by Gasteiger charge is 2.56. The van der Waals surface area contributed by atoms with Crippen LogP contribution in [-0.2, 0) is 23.9 Å². The van der Waals surface area contributed by atoms with Gasteiger partial charge in [-0.1, -0.05) is 18.2 Å². The molecular formula is C16H17NO6. The molecule has 0 N–H and O–H groups in total. The Morgan fingerprint density at radius 2 is 1.57 bits per heavy atom. The van der Waals surface area contributed by atoms with Gasteiger partial charge in [-0.3, -0.25) is 24.1 Å². The van der Waals surface area contributed by atoms with Crippen LogP contribution < -0.4 is 0 Å². The van der Waals surface area contributed by atoms with E-state index in [0.29, 0.717) is 5.56 Å². The van der Waals surface area contributed by atoms with Crippen molar-refractivity contribution >= 4 is 23.8 Å². The Balaban J connectivity index is 2.42. The Labute approximate surface area is 133 Å². The lowest BCUT2D eigenvalue weighted by Crippen LogP contribution is -2.40. The van der Waals surface area contributed by atoms with Crippen molar-refractivity contribution in [2.24, 2.45) is 11.8 Å². The third-order valence-corrected chi connectivity index (χ3v) is 3.96. The fraction of sp³-hybridized carbons (Fsp3) is 0.375. The van der Waals surface area contributed by atoms with Crippen LogP contribution in [0.1, 0.15) is 17.3 Å². The summed E-state index contributed by atoms with van der Waals surface area (Å²) in [6.45, 7) is 1.53. The predicted molar refractivity (Wildman–Crippen MR) is 78.1 cm³/mol. The first-order valence-electron chi connectivity index (χ1n) is 7.02. The molecule has 0 bridgehead atoms. The van der Waals surface area contributed by atoms with E-state index in [4.69, 9.17) is 0 Å². The van der Waals surface area contributed by atoms with E-state index in [1.54, 1.807) is 30.3 Å². The monoisotopic (exact) mass is 319 g/mol. The summed E-state index contributed by atoms with van der Waals surface area (Å²) in [5, 5.41) is 0. The zero-order chi connectivity index (χ0) is 17.1. The number of hydrogen-bond donors (Lipinski definition) is 0. The van der Waals surface area contributed by atoms with Crippen LogP contribution in [-0.4, -0.2) is 48.9 Å². The van der Waals surface area contributed by atoms with Gasteiger partial charge in [0.25, 0.3) is 5.91 Å². The van der Waals surface area contributed by atoms with Crippen molar-refractivity contribution in [1.29, 1.82) is 0 Å². The molecule has 2 amide bonds. The van der Waals surface area contributed by atoms with Gasteiger partial charge in [0.15, 0.2) is 5.92 Å². The molecule has 122 valence electrons. The van der Waals surface area contributed by atoms with Crippen molar-refractivity contribution < 1.29 is 28.7 Å². The van der Waals surface area contributed by atoms with E-state index < -0.39 is 41.6 Å². The van der Waals surface area contributed by atoms with Crippen LogP contribution in [0.2, 0.25) is 0 Å². The van der Waals surface area contributed by atoms with Crippen molar-refractivity contribution in [2.45, 2.75) is 13.0 Å². The van der Waals surface area contributed by atoms with Crippen LogP contribution in [0.4, 0.5) is 0 Å². The van der Waals surface area contributed by atoms with Gasteiger partial charge in [-0.2, -0.15) is 0 Å². The van der Waals surface area contributed by atoms with Gasteiger partial charge in [-0.05, 0) is 19.1 Å². The minimum Gasteiger partial charge on any atom is -0.469 e. The van der Waals surface area contributed by atoms with Crippen LogP contribution in [0.5, 0.6) is 0 Å². The van der Waals surface area contributed by atoms with E-state index in [0.717, 1.165) is 19.1 Å². The maximum Gasteiger partial charge on any atom is 0.319 e. The van der Waals surface area contributed by atoms with Gasteiger partial charge < -0.3 is 9.47 Å². The largest absolute Gasteiger partial charge is 0.469 e. The summed E-state index contributed by atoms with van der Waals surface area (Å²) in [4.78, 5) is 50.0. The molecule has 1 saturated heterocycles. The van der Waals surface area contributed by atoms with Gasteiger partial charge in [0.05, 0.1) is 26.2 Å². The SMILES string of the molecule is COC(=O)[C@H]1C(=O)N(C(=O)c2ccccc2)[C@@H](C)[C@@H]1C(=O)OC. The van der Waals surface area contributed by atoms with Gasteiger partial charge >= 0.3 is 11.9 Å². The molecule has 1 aromatic rings. The first-order chi connectivity index (χ1) is 10.9. The first kappa shape index (κ1) is 16.7. The molecule has 1 aliphatic rings. The van der Waals surface area contributed by atoms with Crippen molar-refractivity contribution in [2.75, 3.05) is 14.2 Å². The second-order valence-corrected chi connectivity index (χ2v) is 5.17. The zero-order valence-corrected chi connectivity index (χ0v) is 13.0. The van der Waals surface area contributed by atoms with Crippen LogP contribution in [0.15, 0.2) is 30.3 Å². The Hall–Kier alpha value is -2.70. The van der Waals surface area contributed by atoms with Crippen LogP contribution in [0, 0.1) is 11.8 Å². The van der Waals surface area contributed by atoms with Gasteiger partial charge in [0.2, 0.25) is 5.91 Å². The molecule has 7 nitrogen and oxygen atoms in total. The third kappa shape index (κ3) is 2.81. The molecule has 2 rings (SSSR count). The second kappa shape index (κ2) is 6.60. The van der Waals surface area contributed by atoms with Crippen LogP contribution in [0.3, 0.4) is 0 Å². The van der Waals surface area contributed by atoms with Crippen molar-refractivity contribution in [3.63, 3.8) is 0 Å². The molecule has 7 heteroatoms. The molecule has 1 aliphatic heterocycles. The molecule has 3 atom stereocenters. The minimum absolute atomic E-state index is 0.293. The van der Waals surface area contributed by atoms with Crippen molar-refractivity contribution in [3.05, 3.63) is 35.9 Å². The molecule has 1 fully saturated rings. The number of benzene rings is 1. The highest BCUT2D eigenvalue weighted by atomic mass is 16.5. The number of nitrogens with zero attached hydrogens (tertiary/aromatic N) is 1. The Kier molecular flexibility index (Phi) is 4.78. The van der Waals surface area contributed by atoms with E-state index >= 15 is 0 Å². The van der Waals surface area contributed by atoms with E-state index in [2.05, 4.69) is 9.47 Å². The number of ether oxygens (including phenoxy) is 2. The van der Waals surface area contributed by atoms with Crippen molar-refractivity contribution in [1.82, 2.24) is 4.90 Å². The number of hydrogen-bond acceptors (Lipinski definition) is 6. The molecule has 0 radical (unpaired) electrons. The molecule has 0 aromatic heterocycles. The standard InChI is InChI=1S/C16H17NO6/c1-9-11(15(20)22-2)12(16(21)23-3)14(19)17(9)13(18)10-7-5-4-6-8-10/h4-9,11-12H,1-3H3/t9-,11-,12+/m0/s1. The quantitative estimate of drug-likeness (QED) is 0.461. The molecule has 0 spiro atoms. The van der Waals surface area contributed by atoms with E-state index in [-0.39, 0.29) is 0 Å². The summed E-state index contributed by atoms with van der Waals surface area (Å²) in [6.07, 6.45) is 0. The Bertz CT molecular complexity index is 641. The average molecular weight is 319 g/mol. The molecular weight excluding hydrogens is 302 g/mol. The fourth-order valence-electron chi connectivity index (χ4n) is 2.79. The lowest BCUT2D eigenvalue weighted by atomic mass is 9.91. The summed E-state index contributed by atoms with van der Waals surface area (Å²) in [5.74, 6) is -5.38. The number of imide groups is 1. The minimum atomic E-state index is -1.38. The predicted octanol–water partition coefficient (Wildman–Crippen LogP) is 0.636. The van der Waals surface area contributed by atoms with Crippen LogP contribution in [0.25, 0.3) is 0 Å². The lowest BCUT2D eigenvalue weighted by molar-refractivity contribution is -0.158. The highest BCUT2D eigenvalue weighted by molar-refractivity contribution is 6.14. The Morgan fingerprint density at radius 1 is 1.00 bits per heavy atom. The first-order valence-corrected chi connectivity index (χ1v) is 7.02.